The molecule has 90 valence electrons. The molecule has 0 atom stereocenters. The van der Waals surface area contributed by atoms with Crippen molar-refractivity contribution >= 4 is 44.0 Å². The van der Waals surface area contributed by atoms with Gasteiger partial charge in [0.1, 0.15) is 0 Å². The molecular formula is C12H12BrClN2S. The molecule has 17 heavy (non-hydrogen) atoms. The Bertz CT molecular complexity index is 539. The minimum atomic E-state index is 0.634. The molecule has 0 unspecified atom stereocenters. The van der Waals surface area contributed by atoms with Gasteiger partial charge in [0, 0.05) is 20.8 Å². The molecule has 0 spiro atoms. The molecular weight excluding hydrogens is 320 g/mol. The zero-order chi connectivity index (χ0) is 12.4. The SMILES string of the molecule is CCc1nc(N)sc1Cc1cc(Cl)ccc1Br. The molecule has 2 rings (SSSR count). The first-order chi connectivity index (χ1) is 8.10. The van der Waals surface area contributed by atoms with Gasteiger partial charge in [-0.3, -0.25) is 0 Å². The average molecular weight is 332 g/mol. The van der Waals surface area contributed by atoms with Crippen LogP contribution in [0.15, 0.2) is 22.7 Å². The van der Waals surface area contributed by atoms with E-state index in [1.54, 1.807) is 11.3 Å². The van der Waals surface area contributed by atoms with Gasteiger partial charge in [0.25, 0.3) is 0 Å². The number of benzene rings is 1. The molecule has 0 aliphatic heterocycles. The zero-order valence-corrected chi connectivity index (χ0v) is 12.5. The van der Waals surface area contributed by atoms with Crippen molar-refractivity contribution in [2.75, 3.05) is 5.73 Å². The number of rotatable bonds is 3. The molecule has 0 saturated carbocycles. The second kappa shape index (κ2) is 5.38. The van der Waals surface area contributed by atoms with E-state index in [9.17, 15) is 0 Å². The van der Waals surface area contributed by atoms with Gasteiger partial charge in [-0.05, 0) is 30.2 Å². The molecule has 0 aliphatic rings. The van der Waals surface area contributed by atoms with Crippen molar-refractivity contribution in [2.24, 2.45) is 0 Å². The third kappa shape index (κ3) is 3.00. The van der Waals surface area contributed by atoms with Crippen LogP contribution in [0, 0.1) is 0 Å². The zero-order valence-electron chi connectivity index (χ0n) is 9.34. The highest BCUT2D eigenvalue weighted by molar-refractivity contribution is 9.10. The molecule has 1 aromatic heterocycles. The summed E-state index contributed by atoms with van der Waals surface area (Å²) in [6.45, 7) is 2.09. The van der Waals surface area contributed by atoms with Crippen molar-refractivity contribution in [1.29, 1.82) is 0 Å². The number of aryl methyl sites for hydroxylation is 1. The largest absolute Gasteiger partial charge is 0.375 e. The van der Waals surface area contributed by atoms with Crippen molar-refractivity contribution in [1.82, 2.24) is 4.98 Å². The van der Waals surface area contributed by atoms with Gasteiger partial charge in [0.15, 0.2) is 5.13 Å². The molecule has 0 bridgehead atoms. The van der Waals surface area contributed by atoms with Crippen LogP contribution in [-0.4, -0.2) is 4.98 Å². The lowest BCUT2D eigenvalue weighted by Crippen LogP contribution is -1.92. The second-order valence-electron chi connectivity index (χ2n) is 3.69. The predicted molar refractivity (Wildman–Crippen MR) is 77.9 cm³/mol. The van der Waals surface area contributed by atoms with Crippen LogP contribution in [0.2, 0.25) is 5.02 Å². The topological polar surface area (TPSA) is 38.9 Å². The van der Waals surface area contributed by atoms with Crippen molar-refractivity contribution in [3.8, 4) is 0 Å². The minimum Gasteiger partial charge on any atom is -0.375 e. The standard InChI is InChI=1S/C12H12BrClN2S/c1-2-10-11(17-12(15)16-10)6-7-5-8(14)3-4-9(7)13/h3-5H,2,6H2,1H3,(H2,15,16). The van der Waals surface area contributed by atoms with Crippen LogP contribution >= 0.6 is 38.9 Å². The van der Waals surface area contributed by atoms with E-state index >= 15 is 0 Å². The molecule has 0 radical (unpaired) electrons. The Kier molecular flexibility index (Phi) is 4.07. The molecule has 5 heteroatoms. The summed E-state index contributed by atoms with van der Waals surface area (Å²) in [5, 5.41) is 1.38. The maximum atomic E-state index is 6.00. The summed E-state index contributed by atoms with van der Waals surface area (Å²) in [5.74, 6) is 0. The number of nitrogens with two attached hydrogens (primary N) is 1. The van der Waals surface area contributed by atoms with Crippen molar-refractivity contribution < 1.29 is 0 Å². The fourth-order valence-electron chi connectivity index (χ4n) is 1.67. The van der Waals surface area contributed by atoms with E-state index in [2.05, 4.69) is 27.8 Å². The summed E-state index contributed by atoms with van der Waals surface area (Å²) >= 11 is 11.1. The number of aromatic nitrogens is 1. The van der Waals surface area contributed by atoms with Crippen molar-refractivity contribution in [3.05, 3.63) is 43.8 Å². The molecule has 0 fully saturated rings. The number of nitrogen functional groups attached to an aromatic ring is 1. The van der Waals surface area contributed by atoms with Crippen LogP contribution in [0.3, 0.4) is 0 Å². The van der Waals surface area contributed by atoms with E-state index in [1.165, 1.54) is 4.88 Å². The van der Waals surface area contributed by atoms with Crippen LogP contribution in [0.5, 0.6) is 0 Å². The Balaban J connectivity index is 2.33. The van der Waals surface area contributed by atoms with Crippen molar-refractivity contribution in [3.63, 3.8) is 0 Å². The van der Waals surface area contributed by atoms with E-state index in [-0.39, 0.29) is 0 Å². The van der Waals surface area contributed by atoms with Crippen molar-refractivity contribution in [2.45, 2.75) is 19.8 Å². The number of halogens is 2. The van der Waals surface area contributed by atoms with Gasteiger partial charge in [-0.25, -0.2) is 4.98 Å². The second-order valence-corrected chi connectivity index (χ2v) is 6.09. The third-order valence-corrected chi connectivity index (χ3v) is 4.42. The molecule has 2 N–H and O–H groups in total. The van der Waals surface area contributed by atoms with Crippen LogP contribution in [0.1, 0.15) is 23.1 Å². The molecule has 0 saturated heterocycles. The predicted octanol–water partition coefficient (Wildman–Crippen LogP) is 4.29. The summed E-state index contributed by atoms with van der Waals surface area (Å²) in [6, 6.07) is 5.81. The summed E-state index contributed by atoms with van der Waals surface area (Å²) in [4.78, 5) is 5.54. The fourth-order valence-corrected chi connectivity index (χ4v) is 3.19. The Morgan fingerprint density at radius 3 is 2.94 bits per heavy atom. The number of hydrogen-bond acceptors (Lipinski definition) is 3. The number of nitrogens with zero attached hydrogens (tertiary/aromatic N) is 1. The molecule has 1 heterocycles. The van der Waals surface area contributed by atoms with E-state index in [0.717, 1.165) is 33.6 Å². The van der Waals surface area contributed by atoms with E-state index in [1.807, 2.05) is 18.2 Å². The van der Waals surface area contributed by atoms with Gasteiger partial charge in [0.05, 0.1) is 5.69 Å². The molecule has 2 nitrogen and oxygen atoms in total. The van der Waals surface area contributed by atoms with Crippen LogP contribution in [0.25, 0.3) is 0 Å². The highest BCUT2D eigenvalue weighted by Gasteiger charge is 2.10. The Labute approximate surface area is 118 Å². The number of thiazole rings is 1. The highest BCUT2D eigenvalue weighted by atomic mass is 79.9. The third-order valence-electron chi connectivity index (χ3n) is 2.49. The van der Waals surface area contributed by atoms with Crippen LogP contribution in [-0.2, 0) is 12.8 Å². The first-order valence-corrected chi connectivity index (χ1v) is 7.27. The molecule has 1 aromatic carbocycles. The van der Waals surface area contributed by atoms with Gasteiger partial charge in [0.2, 0.25) is 0 Å². The van der Waals surface area contributed by atoms with E-state index < -0.39 is 0 Å². The Morgan fingerprint density at radius 2 is 2.24 bits per heavy atom. The first kappa shape index (κ1) is 12.9. The van der Waals surface area contributed by atoms with E-state index in [4.69, 9.17) is 17.3 Å². The lowest BCUT2D eigenvalue weighted by Gasteiger charge is -2.04. The minimum absolute atomic E-state index is 0.634. The van der Waals surface area contributed by atoms with Gasteiger partial charge in [-0.15, -0.1) is 11.3 Å². The van der Waals surface area contributed by atoms with Gasteiger partial charge in [-0.1, -0.05) is 34.5 Å². The highest BCUT2D eigenvalue weighted by Crippen LogP contribution is 2.28. The van der Waals surface area contributed by atoms with Gasteiger partial charge < -0.3 is 5.73 Å². The normalized spacial score (nSPS) is 10.8. The lowest BCUT2D eigenvalue weighted by atomic mass is 10.1. The Morgan fingerprint density at radius 1 is 1.47 bits per heavy atom. The van der Waals surface area contributed by atoms with Gasteiger partial charge >= 0.3 is 0 Å². The van der Waals surface area contributed by atoms with E-state index in [0.29, 0.717) is 5.13 Å². The van der Waals surface area contributed by atoms with Gasteiger partial charge in [-0.2, -0.15) is 0 Å². The smallest absolute Gasteiger partial charge is 0.180 e. The number of hydrogen-bond donors (Lipinski definition) is 1. The quantitative estimate of drug-likeness (QED) is 0.911. The van der Waals surface area contributed by atoms with Crippen LogP contribution < -0.4 is 5.73 Å². The molecule has 0 aliphatic carbocycles. The lowest BCUT2D eigenvalue weighted by molar-refractivity contribution is 1.02. The molecule has 0 amide bonds. The Hall–Kier alpha value is -0.580. The average Bonchev–Trinajstić information content (AvgIpc) is 2.64. The number of anilines is 1. The fraction of sp³-hybridized carbons (Fsp3) is 0.250. The maximum absolute atomic E-state index is 6.00. The molecule has 2 aromatic rings. The summed E-state index contributed by atoms with van der Waals surface area (Å²) in [6.07, 6.45) is 1.72. The maximum Gasteiger partial charge on any atom is 0.180 e. The summed E-state index contributed by atoms with van der Waals surface area (Å²) in [5.41, 5.74) is 7.99. The summed E-state index contributed by atoms with van der Waals surface area (Å²) in [7, 11) is 0. The summed E-state index contributed by atoms with van der Waals surface area (Å²) < 4.78 is 1.07. The van der Waals surface area contributed by atoms with Crippen LogP contribution in [0.4, 0.5) is 5.13 Å². The monoisotopic (exact) mass is 330 g/mol. The first-order valence-electron chi connectivity index (χ1n) is 5.28.